The van der Waals surface area contributed by atoms with Crippen LogP contribution >= 0.6 is 0 Å². The zero-order valence-electron chi connectivity index (χ0n) is 12.3. The zero-order valence-corrected chi connectivity index (χ0v) is 12.3. The first-order valence-electron chi connectivity index (χ1n) is 7.38. The van der Waals surface area contributed by atoms with Crippen LogP contribution in [0.2, 0.25) is 0 Å². The summed E-state index contributed by atoms with van der Waals surface area (Å²) in [5, 5.41) is 15.3. The number of nitrogens with zero attached hydrogens (tertiary/aromatic N) is 2. The van der Waals surface area contributed by atoms with Crippen molar-refractivity contribution in [1.29, 1.82) is 0 Å². The highest BCUT2D eigenvalue weighted by molar-refractivity contribution is 5.08. The van der Waals surface area contributed by atoms with Gasteiger partial charge in [0.25, 0.3) is 0 Å². The normalized spacial score (nSPS) is 18.8. The van der Waals surface area contributed by atoms with Crippen molar-refractivity contribution in [3.05, 3.63) is 18.0 Å². The summed E-state index contributed by atoms with van der Waals surface area (Å²) in [5.41, 5.74) is 0.236. The number of rotatable bonds is 8. The molecule has 1 aliphatic rings. The van der Waals surface area contributed by atoms with Gasteiger partial charge in [-0.2, -0.15) is 5.10 Å². The Balaban J connectivity index is 2.05. The van der Waals surface area contributed by atoms with Gasteiger partial charge >= 0.3 is 0 Å². The van der Waals surface area contributed by atoms with E-state index in [9.17, 15) is 5.11 Å². The molecule has 0 aliphatic heterocycles. The Hall–Kier alpha value is -0.870. The van der Waals surface area contributed by atoms with Gasteiger partial charge in [-0.05, 0) is 37.7 Å². The number of hydrogen-bond acceptors (Lipinski definition) is 3. The van der Waals surface area contributed by atoms with Gasteiger partial charge in [-0.3, -0.25) is 4.68 Å². The molecule has 1 aromatic heterocycles. The largest absolute Gasteiger partial charge is 0.387 e. The van der Waals surface area contributed by atoms with Crippen LogP contribution in [0.4, 0.5) is 0 Å². The van der Waals surface area contributed by atoms with Gasteiger partial charge in [-0.1, -0.05) is 13.8 Å². The van der Waals surface area contributed by atoms with E-state index < -0.39 is 5.60 Å². The molecular formula is C15H26N2O2. The van der Waals surface area contributed by atoms with Crippen LogP contribution in [0, 0.1) is 5.92 Å². The Morgan fingerprint density at radius 3 is 2.68 bits per heavy atom. The van der Waals surface area contributed by atoms with Crippen molar-refractivity contribution >= 4 is 0 Å². The molecule has 1 fully saturated rings. The lowest BCUT2D eigenvalue weighted by Crippen LogP contribution is -2.39. The standard InChI is InChI=1S/C15H26N2O2/c1-4-14(5-2)17-9-8-13(16-17)10-15(18,11-19-3)12-6-7-12/h8-9,12,14,18H,4-7,10-11H2,1-3H3. The van der Waals surface area contributed by atoms with Crippen molar-refractivity contribution in [2.75, 3.05) is 13.7 Å². The molecule has 1 atom stereocenters. The molecule has 4 nitrogen and oxygen atoms in total. The fraction of sp³-hybridized carbons (Fsp3) is 0.800. The quantitative estimate of drug-likeness (QED) is 0.786. The second-order valence-corrected chi connectivity index (χ2v) is 5.75. The molecular weight excluding hydrogens is 240 g/mol. The first-order chi connectivity index (χ1) is 9.12. The fourth-order valence-electron chi connectivity index (χ4n) is 2.84. The molecule has 0 amide bonds. The SMILES string of the molecule is CCC(CC)n1ccc(CC(O)(COC)C2CC2)n1. The number of methoxy groups -OCH3 is 1. The van der Waals surface area contributed by atoms with Crippen molar-refractivity contribution in [2.45, 2.75) is 57.6 Å². The van der Waals surface area contributed by atoms with Gasteiger partial charge in [0.05, 0.1) is 23.9 Å². The Bertz CT molecular complexity index is 397. The topological polar surface area (TPSA) is 47.3 Å². The first-order valence-corrected chi connectivity index (χ1v) is 7.38. The molecule has 0 aromatic carbocycles. The minimum absolute atomic E-state index is 0.380. The van der Waals surface area contributed by atoms with Crippen LogP contribution in [-0.2, 0) is 11.2 Å². The van der Waals surface area contributed by atoms with Gasteiger partial charge in [-0.15, -0.1) is 0 Å². The predicted octanol–water partition coefficient (Wildman–Crippen LogP) is 2.57. The highest BCUT2D eigenvalue weighted by Gasteiger charge is 2.44. The van der Waals surface area contributed by atoms with Crippen LogP contribution < -0.4 is 0 Å². The van der Waals surface area contributed by atoms with Crippen LogP contribution in [0.5, 0.6) is 0 Å². The van der Waals surface area contributed by atoms with Gasteiger partial charge in [-0.25, -0.2) is 0 Å². The molecule has 4 heteroatoms. The van der Waals surface area contributed by atoms with Crippen LogP contribution in [0.3, 0.4) is 0 Å². The maximum Gasteiger partial charge on any atom is 0.0963 e. The Morgan fingerprint density at radius 1 is 1.47 bits per heavy atom. The average Bonchev–Trinajstić information content (AvgIpc) is 3.15. The van der Waals surface area contributed by atoms with E-state index in [1.165, 1.54) is 0 Å². The van der Waals surface area contributed by atoms with Crippen molar-refractivity contribution in [1.82, 2.24) is 9.78 Å². The molecule has 108 valence electrons. The maximum absolute atomic E-state index is 10.7. The van der Waals surface area contributed by atoms with E-state index in [1.807, 2.05) is 16.9 Å². The first kappa shape index (κ1) is 14.5. The monoisotopic (exact) mass is 266 g/mol. The highest BCUT2D eigenvalue weighted by Crippen LogP contribution is 2.41. The highest BCUT2D eigenvalue weighted by atomic mass is 16.5. The number of aromatic nitrogens is 2. The second kappa shape index (κ2) is 6.06. The van der Waals surface area contributed by atoms with Gasteiger partial charge in [0.2, 0.25) is 0 Å². The molecule has 1 heterocycles. The van der Waals surface area contributed by atoms with E-state index in [2.05, 4.69) is 18.9 Å². The summed E-state index contributed by atoms with van der Waals surface area (Å²) in [7, 11) is 1.65. The van der Waals surface area contributed by atoms with Gasteiger partial charge < -0.3 is 9.84 Å². The van der Waals surface area contributed by atoms with Crippen molar-refractivity contribution in [2.24, 2.45) is 5.92 Å². The maximum atomic E-state index is 10.7. The fourth-order valence-corrected chi connectivity index (χ4v) is 2.84. The molecule has 1 N–H and O–H groups in total. The predicted molar refractivity (Wildman–Crippen MR) is 75.1 cm³/mol. The van der Waals surface area contributed by atoms with E-state index in [-0.39, 0.29) is 0 Å². The minimum atomic E-state index is -0.734. The third-order valence-corrected chi connectivity index (χ3v) is 4.20. The lowest BCUT2D eigenvalue weighted by molar-refractivity contribution is -0.0481. The van der Waals surface area contributed by atoms with Gasteiger partial charge in [0, 0.05) is 19.7 Å². The van der Waals surface area contributed by atoms with Crippen molar-refractivity contribution in [3.8, 4) is 0 Å². The van der Waals surface area contributed by atoms with E-state index in [0.717, 1.165) is 31.4 Å². The summed E-state index contributed by atoms with van der Waals surface area (Å²) in [5.74, 6) is 0.380. The molecule has 0 saturated heterocycles. The van der Waals surface area contributed by atoms with Crippen molar-refractivity contribution in [3.63, 3.8) is 0 Å². The zero-order chi connectivity index (χ0) is 13.9. The van der Waals surface area contributed by atoms with Crippen LogP contribution in [0.1, 0.15) is 51.3 Å². The number of hydrogen-bond donors (Lipinski definition) is 1. The molecule has 0 radical (unpaired) electrons. The lowest BCUT2D eigenvalue weighted by Gasteiger charge is -2.26. The molecule has 2 rings (SSSR count). The Kier molecular flexibility index (Phi) is 4.63. The summed E-state index contributed by atoms with van der Waals surface area (Å²) in [6.45, 7) is 4.76. The van der Waals surface area contributed by atoms with Gasteiger partial charge in [0.15, 0.2) is 0 Å². The molecule has 19 heavy (non-hydrogen) atoms. The second-order valence-electron chi connectivity index (χ2n) is 5.75. The van der Waals surface area contributed by atoms with Gasteiger partial charge in [0.1, 0.15) is 0 Å². The molecule has 1 aliphatic carbocycles. The van der Waals surface area contributed by atoms with E-state index in [4.69, 9.17) is 4.74 Å². The molecule has 1 unspecified atom stereocenters. The average molecular weight is 266 g/mol. The summed E-state index contributed by atoms with van der Waals surface area (Å²) in [4.78, 5) is 0. The molecule has 0 bridgehead atoms. The van der Waals surface area contributed by atoms with E-state index in [0.29, 0.717) is 25.0 Å². The number of aliphatic hydroxyl groups is 1. The van der Waals surface area contributed by atoms with Crippen LogP contribution in [0.15, 0.2) is 12.3 Å². The summed E-state index contributed by atoms with van der Waals surface area (Å²) >= 11 is 0. The van der Waals surface area contributed by atoms with E-state index >= 15 is 0 Å². The van der Waals surface area contributed by atoms with E-state index in [1.54, 1.807) is 7.11 Å². The summed E-state index contributed by atoms with van der Waals surface area (Å²) in [6, 6.07) is 2.49. The third-order valence-electron chi connectivity index (χ3n) is 4.20. The molecule has 0 spiro atoms. The minimum Gasteiger partial charge on any atom is -0.387 e. The number of ether oxygens (including phenoxy) is 1. The Labute approximate surface area is 115 Å². The molecule has 1 aromatic rings. The lowest BCUT2D eigenvalue weighted by atomic mass is 9.93. The van der Waals surface area contributed by atoms with Crippen LogP contribution in [-0.4, -0.2) is 34.2 Å². The van der Waals surface area contributed by atoms with Crippen molar-refractivity contribution < 1.29 is 9.84 Å². The summed E-state index contributed by atoms with van der Waals surface area (Å²) in [6.07, 6.45) is 7.01. The van der Waals surface area contributed by atoms with Crippen LogP contribution in [0.25, 0.3) is 0 Å². The third kappa shape index (κ3) is 3.37. The Morgan fingerprint density at radius 2 is 2.16 bits per heavy atom. The smallest absolute Gasteiger partial charge is 0.0963 e. The molecule has 1 saturated carbocycles. The summed E-state index contributed by atoms with van der Waals surface area (Å²) < 4.78 is 7.23.